The molecule has 3 aliphatic rings. The number of methoxy groups -OCH3 is 1. The Morgan fingerprint density at radius 3 is 2.24 bits per heavy atom. The van der Waals surface area contributed by atoms with Crippen LogP contribution in [0.4, 0.5) is 0 Å². The minimum atomic E-state index is -0.973. The third-order valence-electron chi connectivity index (χ3n) is 8.24. The van der Waals surface area contributed by atoms with Crippen molar-refractivity contribution in [1.29, 1.82) is 0 Å². The van der Waals surface area contributed by atoms with E-state index in [0.717, 1.165) is 31.2 Å². The number of carbonyl (C=O) groups is 4. The predicted octanol–water partition coefficient (Wildman–Crippen LogP) is -0.0803. The molecule has 4 atom stereocenters. The van der Waals surface area contributed by atoms with Crippen molar-refractivity contribution in [1.82, 2.24) is 20.9 Å². The molecule has 0 aromatic heterocycles. The van der Waals surface area contributed by atoms with Gasteiger partial charge >= 0.3 is 0 Å². The summed E-state index contributed by atoms with van der Waals surface area (Å²) in [6.07, 6.45) is 3.79. The molecular weight excluding hydrogens is 542 g/mol. The minimum absolute atomic E-state index is 0.142. The summed E-state index contributed by atoms with van der Waals surface area (Å²) in [5.41, 5.74) is 6.87. The number of ketones is 1. The van der Waals surface area contributed by atoms with Gasteiger partial charge in [-0.1, -0.05) is 12.1 Å². The number of hydrogen-bond donors (Lipinski definition) is 4. The van der Waals surface area contributed by atoms with Gasteiger partial charge in [0.1, 0.15) is 23.9 Å². The van der Waals surface area contributed by atoms with E-state index in [1.165, 1.54) is 0 Å². The van der Waals surface area contributed by atoms with Crippen molar-refractivity contribution in [3.63, 3.8) is 0 Å². The largest absolute Gasteiger partial charge is 0.497 e. The number of carbonyl (C=O) groups excluding carboxylic acids is 4. The van der Waals surface area contributed by atoms with Crippen LogP contribution in [0.15, 0.2) is 24.3 Å². The number of epoxide rings is 1. The molecular formula is C30H45N5O7. The number of nitrogens with zero attached hydrogens (tertiary/aromatic N) is 1. The zero-order valence-electron chi connectivity index (χ0n) is 24.6. The minimum Gasteiger partial charge on any atom is -0.497 e. The number of nitrogens with one attached hydrogen (secondary N) is 3. The van der Waals surface area contributed by atoms with Gasteiger partial charge in [0, 0.05) is 25.6 Å². The van der Waals surface area contributed by atoms with Gasteiger partial charge in [-0.25, -0.2) is 0 Å². The van der Waals surface area contributed by atoms with E-state index >= 15 is 0 Å². The topological polar surface area (TPSA) is 165 Å². The molecule has 0 unspecified atom stereocenters. The van der Waals surface area contributed by atoms with Gasteiger partial charge < -0.3 is 35.9 Å². The maximum atomic E-state index is 13.7. The molecule has 1 aliphatic carbocycles. The van der Waals surface area contributed by atoms with Crippen molar-refractivity contribution >= 4 is 23.5 Å². The van der Waals surface area contributed by atoms with Crippen LogP contribution in [-0.2, 0) is 35.1 Å². The Bertz CT molecular complexity index is 1070. The lowest BCUT2D eigenvalue weighted by molar-refractivity contribution is -0.133. The second-order valence-electron chi connectivity index (χ2n) is 11.6. The number of hydrogen-bond acceptors (Lipinski definition) is 9. The summed E-state index contributed by atoms with van der Waals surface area (Å²) in [7, 11) is 1.57. The van der Waals surface area contributed by atoms with Crippen LogP contribution in [0.3, 0.4) is 0 Å². The van der Waals surface area contributed by atoms with Gasteiger partial charge in [-0.15, -0.1) is 0 Å². The molecule has 2 saturated heterocycles. The molecule has 1 saturated carbocycles. The first-order chi connectivity index (χ1) is 20.2. The molecule has 2 aliphatic heterocycles. The van der Waals surface area contributed by atoms with Crippen LogP contribution in [0.5, 0.6) is 5.75 Å². The highest BCUT2D eigenvalue weighted by Gasteiger charge is 2.39. The number of morpholine rings is 1. The van der Waals surface area contributed by atoms with Crippen LogP contribution in [0.25, 0.3) is 0 Å². The Morgan fingerprint density at radius 2 is 1.62 bits per heavy atom. The fourth-order valence-corrected chi connectivity index (χ4v) is 5.53. The molecule has 0 bridgehead atoms. The predicted molar refractivity (Wildman–Crippen MR) is 155 cm³/mol. The summed E-state index contributed by atoms with van der Waals surface area (Å²) in [6, 6.07) is 4.83. The lowest BCUT2D eigenvalue weighted by atomic mass is 9.81. The molecule has 12 nitrogen and oxygen atoms in total. The Kier molecular flexibility index (Phi) is 11.7. The van der Waals surface area contributed by atoms with E-state index < -0.39 is 36.0 Å². The van der Waals surface area contributed by atoms with Crippen molar-refractivity contribution in [3.8, 4) is 5.75 Å². The van der Waals surface area contributed by atoms with Gasteiger partial charge in [0.25, 0.3) is 0 Å². The maximum Gasteiger partial charge on any atom is 0.243 e. The second-order valence-corrected chi connectivity index (χ2v) is 11.6. The number of Topliss-reactive ketones (excluding diaryl/α,β-unsaturated/α-hetero) is 1. The van der Waals surface area contributed by atoms with Gasteiger partial charge in [0.15, 0.2) is 5.78 Å². The van der Waals surface area contributed by atoms with Crippen LogP contribution >= 0.6 is 0 Å². The highest BCUT2D eigenvalue weighted by Crippen LogP contribution is 2.28. The summed E-state index contributed by atoms with van der Waals surface area (Å²) in [6.45, 7) is 4.53. The molecule has 0 radical (unpaired) electrons. The molecule has 2 heterocycles. The molecule has 42 heavy (non-hydrogen) atoms. The first-order valence-corrected chi connectivity index (χ1v) is 15.0. The van der Waals surface area contributed by atoms with Gasteiger partial charge in [0.05, 0.1) is 39.5 Å². The Hall–Kier alpha value is -3.06. The molecule has 1 aromatic rings. The Labute approximate surface area is 247 Å². The monoisotopic (exact) mass is 587 g/mol. The SMILES string of the molecule is COc1ccc(C[C@H](NC(=O)[C@H](C)NC(=O)CN2CCOCC2)C(=O)N[C@@H](C[C@H]2CC[C@H](N)CC2)C(=O)[C@H]2CO2)cc1. The summed E-state index contributed by atoms with van der Waals surface area (Å²) in [5, 5.41) is 8.47. The van der Waals surface area contributed by atoms with E-state index in [-0.39, 0.29) is 36.6 Å². The second kappa shape index (κ2) is 15.4. The number of rotatable bonds is 14. The standard InChI is InChI=1S/C30H45N5O7/c1-19(32-27(36)17-35-11-13-41-14-12-35)29(38)34-25(16-21-5-9-23(40-2)10-6-21)30(39)33-24(28(37)26-18-42-26)15-20-3-7-22(31)8-4-20/h5-6,9-10,19-20,22,24-26H,3-4,7-8,11-18,31H2,1-2H3,(H,32,36)(H,33,39)(H,34,38)/t19-,20-,22-,24-,25-,26+/m0/s1. The number of benzene rings is 1. The van der Waals surface area contributed by atoms with Crippen molar-refractivity contribution in [2.75, 3.05) is 46.6 Å². The van der Waals surface area contributed by atoms with Crippen LogP contribution in [0.2, 0.25) is 0 Å². The number of ether oxygens (including phenoxy) is 3. The summed E-state index contributed by atoms with van der Waals surface area (Å²) >= 11 is 0. The molecule has 1 aromatic carbocycles. The fourth-order valence-electron chi connectivity index (χ4n) is 5.53. The third-order valence-corrected chi connectivity index (χ3v) is 8.24. The summed E-state index contributed by atoms with van der Waals surface area (Å²) in [5.74, 6) is -0.433. The molecule has 4 rings (SSSR count). The third kappa shape index (κ3) is 9.75. The quantitative estimate of drug-likeness (QED) is 0.218. The van der Waals surface area contributed by atoms with Crippen molar-refractivity contribution in [2.45, 2.75) is 75.7 Å². The average Bonchev–Trinajstić information content (AvgIpc) is 3.84. The number of nitrogens with two attached hydrogens (primary N) is 1. The van der Waals surface area contributed by atoms with Crippen LogP contribution in [0.1, 0.15) is 44.6 Å². The highest BCUT2D eigenvalue weighted by atomic mass is 16.6. The first-order valence-electron chi connectivity index (χ1n) is 15.0. The van der Waals surface area contributed by atoms with Crippen LogP contribution in [0, 0.1) is 5.92 Å². The van der Waals surface area contributed by atoms with Gasteiger partial charge in [-0.2, -0.15) is 0 Å². The smallest absolute Gasteiger partial charge is 0.243 e. The van der Waals surface area contributed by atoms with E-state index in [1.807, 2.05) is 17.0 Å². The van der Waals surface area contributed by atoms with Gasteiger partial charge in [0.2, 0.25) is 17.7 Å². The van der Waals surface area contributed by atoms with E-state index in [9.17, 15) is 19.2 Å². The van der Waals surface area contributed by atoms with E-state index in [1.54, 1.807) is 26.2 Å². The van der Waals surface area contributed by atoms with E-state index in [0.29, 0.717) is 45.1 Å². The fraction of sp³-hybridized carbons (Fsp3) is 0.667. The first kappa shape index (κ1) is 31.9. The molecule has 12 heteroatoms. The lowest BCUT2D eigenvalue weighted by Crippen LogP contribution is -2.57. The molecule has 0 spiro atoms. The summed E-state index contributed by atoms with van der Waals surface area (Å²) in [4.78, 5) is 54.6. The Balaban J connectivity index is 1.42. The highest BCUT2D eigenvalue weighted by molar-refractivity contribution is 5.96. The molecule has 5 N–H and O–H groups in total. The lowest BCUT2D eigenvalue weighted by Gasteiger charge is -2.30. The van der Waals surface area contributed by atoms with Crippen molar-refractivity contribution in [3.05, 3.63) is 29.8 Å². The summed E-state index contributed by atoms with van der Waals surface area (Å²) < 4.78 is 15.8. The maximum absolute atomic E-state index is 13.7. The zero-order valence-corrected chi connectivity index (χ0v) is 24.6. The molecule has 3 fully saturated rings. The van der Waals surface area contributed by atoms with Crippen LogP contribution < -0.4 is 26.4 Å². The average molecular weight is 588 g/mol. The Morgan fingerprint density at radius 1 is 0.976 bits per heavy atom. The van der Waals surface area contributed by atoms with E-state index in [4.69, 9.17) is 19.9 Å². The normalized spacial score (nSPS) is 24.5. The van der Waals surface area contributed by atoms with Gasteiger partial charge in [-0.3, -0.25) is 24.1 Å². The van der Waals surface area contributed by atoms with Crippen molar-refractivity contribution in [2.24, 2.45) is 11.7 Å². The number of amides is 3. The van der Waals surface area contributed by atoms with Crippen LogP contribution in [-0.4, -0.2) is 105 Å². The molecule has 3 amide bonds. The molecule has 232 valence electrons. The van der Waals surface area contributed by atoms with Crippen molar-refractivity contribution < 1.29 is 33.4 Å². The van der Waals surface area contributed by atoms with E-state index in [2.05, 4.69) is 16.0 Å². The zero-order chi connectivity index (χ0) is 30.1. The van der Waals surface area contributed by atoms with Gasteiger partial charge in [-0.05, 0) is 62.6 Å².